The molecule has 0 aliphatic heterocycles. The Balaban J connectivity index is 2.14. The average Bonchev–Trinajstić information content (AvgIpc) is 2.68. The van der Waals surface area contributed by atoms with E-state index < -0.39 is 29.9 Å². The van der Waals surface area contributed by atoms with E-state index in [1.807, 2.05) is 6.07 Å². The van der Waals surface area contributed by atoms with Gasteiger partial charge in [-0.2, -0.15) is 0 Å². The Labute approximate surface area is 167 Å². The van der Waals surface area contributed by atoms with Gasteiger partial charge in [0.2, 0.25) is 11.8 Å². The number of amides is 3. The summed E-state index contributed by atoms with van der Waals surface area (Å²) in [6, 6.07) is 9.88. The van der Waals surface area contributed by atoms with E-state index in [-0.39, 0.29) is 17.9 Å². The number of pyridine rings is 1. The van der Waals surface area contributed by atoms with Gasteiger partial charge in [0.15, 0.2) is 0 Å². The Morgan fingerprint density at radius 3 is 2.28 bits per heavy atom. The summed E-state index contributed by atoms with van der Waals surface area (Å²) in [7, 11) is 0. The number of carboxylic acid groups (broad SMARTS) is 1. The lowest BCUT2D eigenvalue weighted by Gasteiger charge is -2.20. The van der Waals surface area contributed by atoms with Crippen LogP contribution < -0.4 is 16.0 Å². The van der Waals surface area contributed by atoms with E-state index in [0.717, 1.165) is 5.56 Å². The van der Waals surface area contributed by atoms with Crippen molar-refractivity contribution in [2.75, 3.05) is 5.32 Å². The molecule has 4 N–H and O–H groups in total. The zero-order valence-electron chi connectivity index (χ0n) is 16.0. The van der Waals surface area contributed by atoms with Crippen molar-refractivity contribution < 1.29 is 24.3 Å². The highest BCUT2D eigenvalue weighted by molar-refractivity contribution is 5.98. The molecule has 0 saturated heterocycles. The number of nitrogens with one attached hydrogen (secondary N) is 3. The third-order valence-corrected chi connectivity index (χ3v) is 3.96. The second kappa shape index (κ2) is 9.98. The molecule has 0 aliphatic rings. The molecule has 0 unspecified atom stereocenters. The molecule has 0 bridgehead atoms. The van der Waals surface area contributed by atoms with Crippen LogP contribution in [0.25, 0.3) is 0 Å². The molecule has 9 heteroatoms. The maximum absolute atomic E-state index is 12.6. The highest BCUT2D eigenvalue weighted by Crippen LogP contribution is 2.08. The summed E-state index contributed by atoms with van der Waals surface area (Å²) in [4.78, 5) is 51.2. The van der Waals surface area contributed by atoms with Gasteiger partial charge in [0.05, 0.1) is 5.56 Å². The van der Waals surface area contributed by atoms with Crippen LogP contribution in [0.3, 0.4) is 0 Å². The number of hydrogen-bond donors (Lipinski definition) is 4. The van der Waals surface area contributed by atoms with Crippen molar-refractivity contribution in [3.05, 3.63) is 59.8 Å². The normalized spacial score (nSPS) is 12.3. The van der Waals surface area contributed by atoms with Crippen molar-refractivity contribution in [2.45, 2.75) is 32.4 Å². The minimum absolute atomic E-state index is 0.183. The van der Waals surface area contributed by atoms with Gasteiger partial charge in [-0.1, -0.05) is 30.3 Å². The predicted octanol–water partition coefficient (Wildman–Crippen LogP) is 0.970. The first-order valence-electron chi connectivity index (χ1n) is 8.88. The number of benzene rings is 1. The van der Waals surface area contributed by atoms with Crippen LogP contribution in [0.4, 0.5) is 5.82 Å². The molecule has 0 spiro atoms. The number of carbonyl (C=O) groups is 4. The summed E-state index contributed by atoms with van der Waals surface area (Å²) in [6.45, 7) is 2.68. The molecule has 0 radical (unpaired) electrons. The largest absolute Gasteiger partial charge is 0.480 e. The predicted molar refractivity (Wildman–Crippen MR) is 105 cm³/mol. The molecule has 29 heavy (non-hydrogen) atoms. The Morgan fingerprint density at radius 1 is 1.03 bits per heavy atom. The minimum Gasteiger partial charge on any atom is -0.480 e. The standard InChI is InChI=1S/C20H22N4O5/c1-12(20(28)29)22-19(27)16(10-14-6-4-3-5-7-14)24-18(26)15-8-9-17(21-11-15)23-13(2)25/h3-9,11-12,16H,10H2,1-2H3,(H,22,27)(H,24,26)(H,28,29)(H,21,23,25)/t12-,16-/m0/s1. The van der Waals surface area contributed by atoms with Gasteiger partial charge in [-0.3, -0.25) is 19.2 Å². The fourth-order valence-electron chi connectivity index (χ4n) is 2.46. The van der Waals surface area contributed by atoms with Gasteiger partial charge in [0.1, 0.15) is 17.9 Å². The third kappa shape index (κ3) is 6.73. The number of carbonyl (C=O) groups excluding carboxylic acids is 3. The Bertz CT molecular complexity index is 884. The first-order chi connectivity index (χ1) is 13.8. The molecular weight excluding hydrogens is 376 g/mol. The quantitative estimate of drug-likeness (QED) is 0.523. The fourth-order valence-corrected chi connectivity index (χ4v) is 2.46. The number of rotatable bonds is 8. The van der Waals surface area contributed by atoms with Gasteiger partial charge in [-0.25, -0.2) is 4.98 Å². The summed E-state index contributed by atoms with van der Waals surface area (Å²) < 4.78 is 0. The molecule has 1 heterocycles. The highest BCUT2D eigenvalue weighted by Gasteiger charge is 2.25. The topological polar surface area (TPSA) is 137 Å². The molecule has 0 saturated carbocycles. The summed E-state index contributed by atoms with van der Waals surface area (Å²) in [5, 5.41) is 16.5. The maximum atomic E-state index is 12.6. The zero-order valence-corrected chi connectivity index (χ0v) is 16.0. The molecule has 1 aromatic carbocycles. The molecule has 9 nitrogen and oxygen atoms in total. The van der Waals surface area contributed by atoms with Gasteiger partial charge in [0, 0.05) is 19.5 Å². The van der Waals surface area contributed by atoms with Gasteiger partial charge in [0.25, 0.3) is 5.91 Å². The van der Waals surface area contributed by atoms with E-state index in [9.17, 15) is 19.2 Å². The number of nitrogens with zero attached hydrogens (tertiary/aromatic N) is 1. The van der Waals surface area contributed by atoms with E-state index >= 15 is 0 Å². The first kappa shape index (κ1) is 21.5. The van der Waals surface area contributed by atoms with E-state index in [1.54, 1.807) is 24.3 Å². The summed E-state index contributed by atoms with van der Waals surface area (Å²) in [5.74, 6) is -2.34. The SMILES string of the molecule is CC(=O)Nc1ccc(C(=O)N[C@@H](Cc2ccccc2)C(=O)N[C@@H](C)C(=O)O)cn1. The molecule has 0 aliphatic carbocycles. The zero-order chi connectivity index (χ0) is 21.4. The summed E-state index contributed by atoms with van der Waals surface area (Å²) >= 11 is 0. The lowest BCUT2D eigenvalue weighted by molar-refractivity contribution is -0.141. The van der Waals surface area contributed by atoms with Crippen molar-refractivity contribution in [1.82, 2.24) is 15.6 Å². The number of aromatic nitrogens is 1. The molecule has 2 rings (SSSR count). The highest BCUT2D eigenvalue weighted by atomic mass is 16.4. The molecule has 3 amide bonds. The van der Waals surface area contributed by atoms with E-state index in [4.69, 9.17) is 5.11 Å². The Kier molecular flexibility index (Phi) is 7.41. The van der Waals surface area contributed by atoms with Crippen LogP contribution in [0, 0.1) is 0 Å². The second-order valence-electron chi connectivity index (χ2n) is 6.40. The number of anilines is 1. The van der Waals surface area contributed by atoms with Crippen LogP contribution in [0.1, 0.15) is 29.8 Å². The second-order valence-corrected chi connectivity index (χ2v) is 6.40. The number of aliphatic carboxylic acids is 1. The summed E-state index contributed by atoms with van der Waals surface area (Å²) in [5.41, 5.74) is 0.992. The van der Waals surface area contributed by atoms with Crippen molar-refractivity contribution >= 4 is 29.5 Å². The Hall–Kier alpha value is -3.75. The van der Waals surface area contributed by atoms with E-state index in [1.165, 1.54) is 32.2 Å². The van der Waals surface area contributed by atoms with E-state index in [0.29, 0.717) is 5.82 Å². The fraction of sp³-hybridized carbons (Fsp3) is 0.250. The van der Waals surface area contributed by atoms with Gasteiger partial charge in [-0.05, 0) is 24.6 Å². The van der Waals surface area contributed by atoms with Crippen molar-refractivity contribution in [2.24, 2.45) is 0 Å². The summed E-state index contributed by atoms with van der Waals surface area (Å²) in [6.07, 6.45) is 1.46. The number of carboxylic acids is 1. The molecule has 1 aromatic heterocycles. The van der Waals surface area contributed by atoms with Gasteiger partial charge >= 0.3 is 5.97 Å². The van der Waals surface area contributed by atoms with Crippen LogP contribution in [-0.4, -0.2) is 45.9 Å². The van der Waals surface area contributed by atoms with Crippen molar-refractivity contribution in [1.29, 1.82) is 0 Å². The van der Waals surface area contributed by atoms with Gasteiger partial charge < -0.3 is 21.1 Å². The van der Waals surface area contributed by atoms with Crippen molar-refractivity contribution in [3.63, 3.8) is 0 Å². The van der Waals surface area contributed by atoms with Crippen molar-refractivity contribution in [3.8, 4) is 0 Å². The van der Waals surface area contributed by atoms with Crippen LogP contribution in [-0.2, 0) is 20.8 Å². The van der Waals surface area contributed by atoms with Crippen LogP contribution in [0.5, 0.6) is 0 Å². The number of hydrogen-bond acceptors (Lipinski definition) is 5. The Morgan fingerprint density at radius 2 is 1.72 bits per heavy atom. The lowest BCUT2D eigenvalue weighted by atomic mass is 10.0. The average molecular weight is 398 g/mol. The van der Waals surface area contributed by atoms with Crippen LogP contribution in [0.2, 0.25) is 0 Å². The maximum Gasteiger partial charge on any atom is 0.325 e. The molecule has 2 aromatic rings. The molecule has 2 atom stereocenters. The first-order valence-corrected chi connectivity index (χ1v) is 8.88. The van der Waals surface area contributed by atoms with Crippen LogP contribution in [0.15, 0.2) is 48.7 Å². The van der Waals surface area contributed by atoms with Gasteiger partial charge in [-0.15, -0.1) is 0 Å². The van der Waals surface area contributed by atoms with E-state index in [2.05, 4.69) is 20.9 Å². The lowest BCUT2D eigenvalue weighted by Crippen LogP contribution is -2.51. The third-order valence-electron chi connectivity index (χ3n) is 3.96. The molecule has 0 fully saturated rings. The monoisotopic (exact) mass is 398 g/mol. The molecule has 152 valence electrons. The smallest absolute Gasteiger partial charge is 0.325 e. The molecular formula is C20H22N4O5. The minimum atomic E-state index is -1.18. The van der Waals surface area contributed by atoms with Crippen LogP contribution >= 0.6 is 0 Å².